The molecule has 0 saturated carbocycles. The summed E-state index contributed by atoms with van der Waals surface area (Å²) in [6.45, 7) is 2.92. The molecule has 22 heavy (non-hydrogen) atoms. The Morgan fingerprint density at radius 1 is 1.00 bits per heavy atom. The van der Waals surface area contributed by atoms with Crippen molar-refractivity contribution >= 4 is 17.7 Å². The number of rotatable bonds is 8. The molecule has 2 aromatic rings. The highest BCUT2D eigenvalue weighted by Gasteiger charge is 2.21. The number of benzene rings is 2. The minimum atomic E-state index is -0.203. The van der Waals surface area contributed by atoms with Crippen LogP contribution in [0.15, 0.2) is 65.6 Å². The number of thioether (sulfide) groups is 1. The Bertz CT molecular complexity index is 556. The third-order valence-corrected chi connectivity index (χ3v) is 4.68. The van der Waals surface area contributed by atoms with E-state index >= 15 is 0 Å². The van der Waals surface area contributed by atoms with Crippen LogP contribution in [0.4, 0.5) is 0 Å². The largest absolute Gasteiger partial charge is 0.355 e. The smallest absolute Gasteiger partial charge is 0.237 e. The predicted molar refractivity (Wildman–Crippen MR) is 94.0 cm³/mol. The topological polar surface area (TPSA) is 29.1 Å². The number of carbonyl (C=O) groups is 1. The van der Waals surface area contributed by atoms with Gasteiger partial charge in [-0.2, -0.15) is 0 Å². The van der Waals surface area contributed by atoms with Crippen molar-refractivity contribution in [2.45, 2.75) is 36.3 Å². The van der Waals surface area contributed by atoms with Crippen LogP contribution < -0.4 is 5.32 Å². The summed E-state index contributed by atoms with van der Waals surface area (Å²) in [5.74, 6) is 0.0937. The number of hydrogen-bond acceptors (Lipinski definition) is 2. The Balaban J connectivity index is 2.06. The molecule has 0 heterocycles. The van der Waals surface area contributed by atoms with E-state index in [4.69, 9.17) is 0 Å². The van der Waals surface area contributed by atoms with Crippen LogP contribution in [0.2, 0.25) is 0 Å². The minimum Gasteiger partial charge on any atom is -0.355 e. The van der Waals surface area contributed by atoms with Gasteiger partial charge in [0.1, 0.15) is 5.25 Å². The molecule has 2 aromatic carbocycles. The lowest BCUT2D eigenvalue weighted by atomic mass is 10.1. The van der Waals surface area contributed by atoms with Gasteiger partial charge in [-0.25, -0.2) is 0 Å². The number of carbonyl (C=O) groups excluding carboxylic acids is 1. The molecule has 0 unspecified atom stereocenters. The van der Waals surface area contributed by atoms with Gasteiger partial charge in [0.2, 0.25) is 5.91 Å². The van der Waals surface area contributed by atoms with Gasteiger partial charge < -0.3 is 5.32 Å². The fourth-order valence-corrected chi connectivity index (χ4v) is 3.29. The molecule has 2 nitrogen and oxygen atoms in total. The van der Waals surface area contributed by atoms with Gasteiger partial charge in [0.15, 0.2) is 0 Å². The normalized spacial score (nSPS) is 11.9. The molecule has 0 aromatic heterocycles. The van der Waals surface area contributed by atoms with Gasteiger partial charge in [-0.05, 0) is 24.1 Å². The van der Waals surface area contributed by atoms with Gasteiger partial charge in [-0.1, -0.05) is 68.3 Å². The van der Waals surface area contributed by atoms with Crippen molar-refractivity contribution in [3.63, 3.8) is 0 Å². The zero-order chi connectivity index (χ0) is 15.6. The van der Waals surface area contributed by atoms with Crippen molar-refractivity contribution in [1.82, 2.24) is 5.32 Å². The second-order valence-electron chi connectivity index (χ2n) is 5.22. The van der Waals surface area contributed by atoms with E-state index in [-0.39, 0.29) is 11.2 Å². The lowest BCUT2D eigenvalue weighted by Gasteiger charge is -2.17. The Labute approximate surface area is 137 Å². The standard InChI is InChI=1S/C19H23NOS/c1-2-3-10-15-20-19(21)18(16-11-6-4-7-12-16)22-17-13-8-5-9-14-17/h4-9,11-14,18H,2-3,10,15H2,1H3,(H,20,21)/t18-/m0/s1. The second kappa shape index (κ2) is 9.31. The molecule has 0 aliphatic carbocycles. The predicted octanol–water partition coefficient (Wildman–Crippen LogP) is 4.83. The van der Waals surface area contributed by atoms with E-state index in [9.17, 15) is 4.79 Å². The van der Waals surface area contributed by atoms with E-state index in [2.05, 4.69) is 12.2 Å². The highest BCUT2D eigenvalue weighted by Crippen LogP contribution is 2.35. The van der Waals surface area contributed by atoms with E-state index in [1.54, 1.807) is 11.8 Å². The zero-order valence-electron chi connectivity index (χ0n) is 13.0. The summed E-state index contributed by atoms with van der Waals surface area (Å²) in [4.78, 5) is 13.7. The summed E-state index contributed by atoms with van der Waals surface area (Å²) in [7, 11) is 0. The van der Waals surface area contributed by atoms with Crippen LogP contribution in [0.3, 0.4) is 0 Å². The lowest BCUT2D eigenvalue weighted by molar-refractivity contribution is -0.120. The third-order valence-electron chi connectivity index (χ3n) is 3.42. The average molecular weight is 313 g/mol. The molecule has 1 N–H and O–H groups in total. The third kappa shape index (κ3) is 5.23. The first-order valence-corrected chi connectivity index (χ1v) is 8.73. The maximum atomic E-state index is 12.6. The molecule has 116 valence electrons. The molecule has 0 radical (unpaired) electrons. The van der Waals surface area contributed by atoms with Crippen LogP contribution in [0, 0.1) is 0 Å². The van der Waals surface area contributed by atoms with Crippen molar-refractivity contribution < 1.29 is 4.79 Å². The van der Waals surface area contributed by atoms with Gasteiger partial charge in [0.25, 0.3) is 0 Å². The summed E-state index contributed by atoms with van der Waals surface area (Å²) < 4.78 is 0. The van der Waals surface area contributed by atoms with Crippen molar-refractivity contribution in [3.8, 4) is 0 Å². The van der Waals surface area contributed by atoms with Gasteiger partial charge >= 0.3 is 0 Å². The molecule has 0 aliphatic rings. The lowest BCUT2D eigenvalue weighted by Crippen LogP contribution is -2.28. The molecule has 3 heteroatoms. The quantitative estimate of drug-likeness (QED) is 0.559. The maximum absolute atomic E-state index is 12.6. The summed E-state index contributed by atoms with van der Waals surface area (Å²) in [5, 5.41) is 2.87. The van der Waals surface area contributed by atoms with Crippen LogP contribution >= 0.6 is 11.8 Å². The first-order chi connectivity index (χ1) is 10.8. The van der Waals surface area contributed by atoms with Crippen LogP contribution in [-0.2, 0) is 4.79 Å². The number of nitrogens with one attached hydrogen (secondary N) is 1. The van der Waals surface area contributed by atoms with Crippen molar-refractivity contribution in [1.29, 1.82) is 0 Å². The molecule has 0 saturated heterocycles. The van der Waals surface area contributed by atoms with Crippen molar-refractivity contribution in [2.75, 3.05) is 6.54 Å². The van der Waals surface area contributed by atoms with E-state index < -0.39 is 0 Å². The van der Waals surface area contributed by atoms with Crippen LogP contribution in [-0.4, -0.2) is 12.5 Å². The molecule has 0 spiro atoms. The highest BCUT2D eigenvalue weighted by atomic mass is 32.2. The van der Waals surface area contributed by atoms with E-state index in [0.29, 0.717) is 0 Å². The fourth-order valence-electron chi connectivity index (χ4n) is 2.22. The first kappa shape index (κ1) is 16.6. The monoisotopic (exact) mass is 313 g/mol. The van der Waals surface area contributed by atoms with Gasteiger partial charge in [-0.15, -0.1) is 11.8 Å². The molecule has 0 fully saturated rings. The van der Waals surface area contributed by atoms with Crippen LogP contribution in [0.25, 0.3) is 0 Å². The first-order valence-electron chi connectivity index (χ1n) is 7.85. The van der Waals surface area contributed by atoms with Crippen molar-refractivity contribution in [2.24, 2.45) is 0 Å². The number of hydrogen-bond donors (Lipinski definition) is 1. The maximum Gasteiger partial charge on any atom is 0.237 e. The summed E-state index contributed by atoms with van der Waals surface area (Å²) in [6.07, 6.45) is 3.36. The fraction of sp³-hybridized carbons (Fsp3) is 0.316. The van der Waals surface area contributed by atoms with Gasteiger partial charge in [-0.3, -0.25) is 4.79 Å². The Morgan fingerprint density at radius 2 is 1.64 bits per heavy atom. The molecular weight excluding hydrogens is 290 g/mol. The Morgan fingerprint density at radius 3 is 2.27 bits per heavy atom. The van der Waals surface area contributed by atoms with Crippen LogP contribution in [0.5, 0.6) is 0 Å². The second-order valence-corrected chi connectivity index (χ2v) is 6.40. The van der Waals surface area contributed by atoms with Gasteiger partial charge in [0.05, 0.1) is 0 Å². The molecule has 2 rings (SSSR count). The van der Waals surface area contributed by atoms with E-state index in [0.717, 1.165) is 36.3 Å². The highest BCUT2D eigenvalue weighted by molar-refractivity contribution is 8.00. The summed E-state index contributed by atoms with van der Waals surface area (Å²) in [5.41, 5.74) is 1.05. The summed E-state index contributed by atoms with van der Waals surface area (Å²) >= 11 is 1.60. The van der Waals surface area contributed by atoms with E-state index in [1.165, 1.54) is 0 Å². The minimum absolute atomic E-state index is 0.0937. The molecular formula is C19H23NOS. The zero-order valence-corrected chi connectivity index (χ0v) is 13.8. The molecule has 1 amide bonds. The van der Waals surface area contributed by atoms with Crippen molar-refractivity contribution in [3.05, 3.63) is 66.2 Å². The summed E-state index contributed by atoms with van der Waals surface area (Å²) in [6, 6.07) is 20.1. The van der Waals surface area contributed by atoms with Crippen LogP contribution in [0.1, 0.15) is 37.0 Å². The molecule has 0 bridgehead atoms. The van der Waals surface area contributed by atoms with Gasteiger partial charge in [0, 0.05) is 11.4 Å². The Kier molecular flexibility index (Phi) is 7.04. The molecule has 1 atom stereocenters. The average Bonchev–Trinajstić information content (AvgIpc) is 2.58. The van der Waals surface area contributed by atoms with E-state index in [1.807, 2.05) is 60.7 Å². The SMILES string of the molecule is CCCCCNC(=O)[C@@H](Sc1ccccc1)c1ccccc1. The number of unbranched alkanes of at least 4 members (excludes halogenated alkanes) is 2. The molecule has 0 aliphatic heterocycles. The number of amides is 1. The Hall–Kier alpha value is -1.74.